The van der Waals surface area contributed by atoms with E-state index in [-0.39, 0.29) is 11.7 Å². The largest absolute Gasteiger partial charge is 0.508 e. The van der Waals surface area contributed by atoms with Crippen LogP contribution < -0.4 is 15.4 Å². The molecule has 1 aliphatic rings. The molecule has 0 saturated carbocycles. The molecule has 2 heterocycles. The van der Waals surface area contributed by atoms with Gasteiger partial charge in [0.05, 0.1) is 17.9 Å². The summed E-state index contributed by atoms with van der Waals surface area (Å²) in [5.74, 6) is 1.98. The van der Waals surface area contributed by atoms with E-state index in [1.165, 1.54) is 0 Å². The van der Waals surface area contributed by atoms with Crippen LogP contribution in [0.1, 0.15) is 38.8 Å². The third-order valence-corrected chi connectivity index (χ3v) is 6.20. The molecule has 1 amide bonds. The summed E-state index contributed by atoms with van der Waals surface area (Å²) in [6, 6.07) is 13.6. The molecule has 8 nitrogen and oxygen atoms in total. The Hall–Kier alpha value is -3.46. The SMILES string of the molecule is CCCSc1nc2n(n1)C(c1ccc(O)cc1)C(C(=O)Nc1ccccc1OCC)=C(C)N2. The number of aromatic nitrogens is 3. The lowest BCUT2D eigenvalue weighted by molar-refractivity contribution is -0.113. The number of carbonyl (C=O) groups excluding carboxylic acids is 1. The average Bonchev–Trinajstić information content (AvgIpc) is 3.21. The van der Waals surface area contributed by atoms with E-state index in [2.05, 4.69) is 22.5 Å². The van der Waals surface area contributed by atoms with Crippen molar-refractivity contribution < 1.29 is 14.6 Å². The number of carbonyl (C=O) groups is 1. The number of nitrogens with zero attached hydrogens (tertiary/aromatic N) is 3. The fraction of sp³-hybridized carbons (Fsp3) is 0.292. The van der Waals surface area contributed by atoms with E-state index in [0.29, 0.717) is 40.4 Å². The van der Waals surface area contributed by atoms with Gasteiger partial charge in [0.15, 0.2) is 0 Å². The minimum Gasteiger partial charge on any atom is -0.508 e. The number of hydrogen-bond acceptors (Lipinski definition) is 7. The summed E-state index contributed by atoms with van der Waals surface area (Å²) in [4.78, 5) is 18.2. The number of amides is 1. The fourth-order valence-electron chi connectivity index (χ4n) is 3.69. The zero-order chi connectivity index (χ0) is 23.4. The van der Waals surface area contributed by atoms with Gasteiger partial charge in [-0.2, -0.15) is 4.98 Å². The van der Waals surface area contributed by atoms with Crippen molar-refractivity contribution >= 4 is 29.3 Å². The molecule has 33 heavy (non-hydrogen) atoms. The van der Waals surface area contributed by atoms with Crippen molar-refractivity contribution in [2.24, 2.45) is 0 Å². The molecule has 9 heteroatoms. The Labute approximate surface area is 197 Å². The van der Waals surface area contributed by atoms with Crippen LogP contribution in [0.15, 0.2) is 65.0 Å². The van der Waals surface area contributed by atoms with Gasteiger partial charge < -0.3 is 20.5 Å². The Kier molecular flexibility index (Phi) is 6.88. The molecule has 1 atom stereocenters. The summed E-state index contributed by atoms with van der Waals surface area (Å²) in [7, 11) is 0. The van der Waals surface area contributed by atoms with Crippen LogP contribution in [-0.4, -0.2) is 38.1 Å². The first-order valence-corrected chi connectivity index (χ1v) is 11.9. The summed E-state index contributed by atoms with van der Waals surface area (Å²) in [5, 5.41) is 21.4. The molecule has 0 spiro atoms. The Bertz CT molecular complexity index is 1170. The highest BCUT2D eigenvalue weighted by Crippen LogP contribution is 2.37. The van der Waals surface area contributed by atoms with Crippen molar-refractivity contribution in [2.75, 3.05) is 23.0 Å². The van der Waals surface area contributed by atoms with Gasteiger partial charge in [-0.05, 0) is 50.1 Å². The second-order valence-corrected chi connectivity index (χ2v) is 8.61. The molecule has 0 fully saturated rings. The second-order valence-electron chi connectivity index (χ2n) is 7.55. The van der Waals surface area contributed by atoms with Gasteiger partial charge in [-0.3, -0.25) is 4.79 Å². The van der Waals surface area contributed by atoms with Gasteiger partial charge in [0.1, 0.15) is 17.5 Å². The number of ether oxygens (including phenoxy) is 1. The Morgan fingerprint density at radius 3 is 2.70 bits per heavy atom. The number of benzene rings is 2. The standard InChI is InChI=1S/C24H27N5O3S/c1-4-14-33-24-27-23-25-15(3)20(21(29(23)28-24)16-10-12-17(30)13-11-16)22(31)26-18-8-6-7-9-19(18)32-5-2/h6-13,21,30H,4-5,14H2,1-3H3,(H,26,31)(H,25,27,28). The van der Waals surface area contributed by atoms with Crippen molar-refractivity contribution in [1.82, 2.24) is 14.8 Å². The molecule has 2 aromatic carbocycles. The zero-order valence-corrected chi connectivity index (χ0v) is 19.6. The van der Waals surface area contributed by atoms with Gasteiger partial charge >= 0.3 is 0 Å². The normalized spacial score (nSPS) is 15.1. The van der Waals surface area contributed by atoms with Crippen molar-refractivity contribution in [3.8, 4) is 11.5 Å². The van der Waals surface area contributed by atoms with Crippen molar-refractivity contribution in [3.63, 3.8) is 0 Å². The summed E-state index contributed by atoms with van der Waals surface area (Å²) < 4.78 is 7.41. The van der Waals surface area contributed by atoms with Gasteiger partial charge in [-0.1, -0.05) is 43.0 Å². The van der Waals surface area contributed by atoms with Gasteiger partial charge in [-0.25, -0.2) is 4.68 Å². The predicted molar refractivity (Wildman–Crippen MR) is 130 cm³/mol. The van der Waals surface area contributed by atoms with E-state index >= 15 is 0 Å². The number of aromatic hydroxyl groups is 1. The number of phenols is 1. The molecule has 3 N–H and O–H groups in total. The van der Waals surface area contributed by atoms with Gasteiger partial charge in [0, 0.05) is 11.4 Å². The first-order chi connectivity index (χ1) is 16.0. The smallest absolute Gasteiger partial charge is 0.255 e. The topological polar surface area (TPSA) is 101 Å². The highest BCUT2D eigenvalue weighted by atomic mass is 32.2. The lowest BCUT2D eigenvalue weighted by atomic mass is 9.95. The number of hydrogen-bond donors (Lipinski definition) is 3. The van der Waals surface area contributed by atoms with E-state index in [1.54, 1.807) is 40.7 Å². The van der Waals surface area contributed by atoms with Crippen LogP contribution in [-0.2, 0) is 4.79 Å². The predicted octanol–water partition coefficient (Wildman–Crippen LogP) is 4.81. The molecule has 0 aliphatic carbocycles. The van der Waals surface area contributed by atoms with Crippen LogP contribution in [0.25, 0.3) is 0 Å². The minimum absolute atomic E-state index is 0.156. The lowest BCUT2D eigenvalue weighted by Crippen LogP contribution is -2.31. The summed E-state index contributed by atoms with van der Waals surface area (Å²) in [6.07, 6.45) is 1.01. The van der Waals surface area contributed by atoms with E-state index in [9.17, 15) is 9.90 Å². The van der Waals surface area contributed by atoms with Crippen molar-refractivity contribution in [3.05, 3.63) is 65.4 Å². The number of para-hydroxylation sites is 2. The molecule has 1 unspecified atom stereocenters. The zero-order valence-electron chi connectivity index (χ0n) is 18.8. The van der Waals surface area contributed by atoms with Crippen LogP contribution in [0.4, 0.5) is 11.6 Å². The fourth-order valence-corrected chi connectivity index (χ4v) is 4.37. The Morgan fingerprint density at radius 1 is 1.21 bits per heavy atom. The van der Waals surface area contributed by atoms with Crippen LogP contribution in [0.3, 0.4) is 0 Å². The molecule has 1 aromatic heterocycles. The maximum absolute atomic E-state index is 13.6. The number of nitrogens with one attached hydrogen (secondary N) is 2. The average molecular weight is 466 g/mol. The van der Waals surface area contributed by atoms with Crippen LogP contribution in [0, 0.1) is 0 Å². The number of phenolic OH excluding ortho intramolecular Hbond substituents is 1. The highest BCUT2D eigenvalue weighted by molar-refractivity contribution is 7.99. The molecule has 1 aliphatic heterocycles. The first-order valence-electron chi connectivity index (χ1n) is 10.9. The summed E-state index contributed by atoms with van der Waals surface area (Å²) >= 11 is 1.58. The maximum Gasteiger partial charge on any atom is 0.255 e. The Balaban J connectivity index is 1.74. The molecule has 0 radical (unpaired) electrons. The number of thioether (sulfide) groups is 1. The van der Waals surface area contributed by atoms with E-state index < -0.39 is 6.04 Å². The molecule has 3 aromatic rings. The first kappa shape index (κ1) is 22.7. The number of rotatable bonds is 8. The number of allylic oxidation sites excluding steroid dienone is 1. The summed E-state index contributed by atoms with van der Waals surface area (Å²) in [6.45, 7) is 6.35. The van der Waals surface area contributed by atoms with Gasteiger partial charge in [0.25, 0.3) is 5.91 Å². The summed E-state index contributed by atoms with van der Waals surface area (Å²) in [5.41, 5.74) is 2.61. The second kappa shape index (κ2) is 9.99. The highest BCUT2D eigenvalue weighted by Gasteiger charge is 2.34. The number of anilines is 2. The molecule has 0 saturated heterocycles. The number of fused-ring (bicyclic) bond motifs is 1. The van der Waals surface area contributed by atoms with E-state index in [4.69, 9.17) is 9.84 Å². The van der Waals surface area contributed by atoms with Gasteiger partial charge in [-0.15, -0.1) is 5.10 Å². The molecular formula is C24H27N5O3S. The minimum atomic E-state index is -0.510. The van der Waals surface area contributed by atoms with E-state index in [1.807, 2.05) is 38.1 Å². The van der Waals surface area contributed by atoms with Crippen molar-refractivity contribution in [1.29, 1.82) is 0 Å². The quantitative estimate of drug-likeness (QED) is 0.410. The van der Waals surface area contributed by atoms with E-state index in [0.717, 1.165) is 17.7 Å². The molecule has 0 bridgehead atoms. The van der Waals surface area contributed by atoms with Crippen molar-refractivity contribution in [2.45, 2.75) is 38.4 Å². The lowest BCUT2D eigenvalue weighted by Gasteiger charge is -2.28. The Morgan fingerprint density at radius 2 is 1.97 bits per heavy atom. The molecule has 4 rings (SSSR count). The van der Waals surface area contributed by atoms with Crippen LogP contribution in [0.5, 0.6) is 11.5 Å². The third kappa shape index (κ3) is 4.83. The monoisotopic (exact) mass is 465 g/mol. The van der Waals surface area contributed by atoms with Crippen LogP contribution in [0.2, 0.25) is 0 Å². The van der Waals surface area contributed by atoms with Crippen LogP contribution >= 0.6 is 11.8 Å². The molecular weight excluding hydrogens is 438 g/mol. The molecule has 172 valence electrons. The van der Waals surface area contributed by atoms with Gasteiger partial charge in [0.2, 0.25) is 11.1 Å². The third-order valence-electron chi connectivity index (χ3n) is 5.16. The maximum atomic E-state index is 13.6.